The second-order valence-electron chi connectivity index (χ2n) is 3.41. The molecule has 0 saturated carbocycles. The number of ether oxygens (including phenoxy) is 2. The van der Waals surface area contributed by atoms with Gasteiger partial charge in [-0.05, 0) is 19.1 Å². The zero-order chi connectivity index (χ0) is 10.2. The summed E-state index contributed by atoms with van der Waals surface area (Å²) < 4.78 is 23.6. The Bertz CT molecular complexity index is 330. The van der Waals surface area contributed by atoms with Crippen LogP contribution in [0.15, 0.2) is 18.2 Å². The fourth-order valence-corrected chi connectivity index (χ4v) is 1.30. The van der Waals surface area contributed by atoms with Crippen molar-refractivity contribution in [3.05, 3.63) is 34.6 Å². The van der Waals surface area contributed by atoms with Crippen LogP contribution >= 0.6 is 11.6 Å². The van der Waals surface area contributed by atoms with Gasteiger partial charge in [-0.3, -0.25) is 0 Å². The molecule has 1 saturated heterocycles. The minimum Gasteiger partial charge on any atom is -0.343 e. The van der Waals surface area contributed by atoms with Crippen molar-refractivity contribution < 1.29 is 13.9 Å². The molecule has 0 aliphatic carbocycles. The highest BCUT2D eigenvalue weighted by atomic mass is 35.5. The van der Waals surface area contributed by atoms with Crippen molar-refractivity contribution in [2.45, 2.75) is 19.3 Å². The molecule has 0 amide bonds. The van der Waals surface area contributed by atoms with E-state index in [9.17, 15) is 4.39 Å². The highest BCUT2D eigenvalue weighted by Gasteiger charge is 2.40. The fraction of sp³-hybridized carbons (Fsp3) is 0.400. The Balaban J connectivity index is 2.08. The lowest BCUT2D eigenvalue weighted by Crippen LogP contribution is -2.11. The Hall–Kier alpha value is -0.640. The van der Waals surface area contributed by atoms with E-state index in [1.165, 1.54) is 6.07 Å². The summed E-state index contributed by atoms with van der Waals surface area (Å²) in [5.41, 5.74) is 0.380. The lowest BCUT2D eigenvalue weighted by Gasteiger charge is -2.09. The smallest absolute Gasteiger partial charge is 0.189 e. The molecule has 0 radical (unpaired) electrons. The van der Waals surface area contributed by atoms with Crippen LogP contribution in [0.4, 0.5) is 4.39 Å². The van der Waals surface area contributed by atoms with Gasteiger partial charge in [0.05, 0.1) is 6.61 Å². The Kier molecular flexibility index (Phi) is 2.47. The monoisotopic (exact) mass is 216 g/mol. The molecular formula is C10H10ClFO2. The van der Waals surface area contributed by atoms with Crippen LogP contribution in [0.5, 0.6) is 0 Å². The number of benzene rings is 1. The van der Waals surface area contributed by atoms with Crippen LogP contribution in [0, 0.1) is 5.82 Å². The van der Waals surface area contributed by atoms with Crippen LogP contribution in [0.3, 0.4) is 0 Å². The summed E-state index contributed by atoms with van der Waals surface area (Å²) in [6.45, 7) is 2.50. The first-order chi connectivity index (χ1) is 6.61. The van der Waals surface area contributed by atoms with Gasteiger partial charge in [-0.1, -0.05) is 17.7 Å². The van der Waals surface area contributed by atoms with Gasteiger partial charge in [0.15, 0.2) is 5.79 Å². The molecule has 14 heavy (non-hydrogen) atoms. The third kappa shape index (κ3) is 2.05. The largest absolute Gasteiger partial charge is 0.343 e. The molecule has 1 heterocycles. The van der Waals surface area contributed by atoms with E-state index in [1.807, 2.05) is 6.92 Å². The molecule has 2 nitrogen and oxygen atoms in total. The average Bonchev–Trinajstić information content (AvgIpc) is 2.83. The molecule has 1 aromatic carbocycles. The second-order valence-corrected chi connectivity index (χ2v) is 3.82. The summed E-state index contributed by atoms with van der Waals surface area (Å²) >= 11 is 5.82. The summed E-state index contributed by atoms with van der Waals surface area (Å²) in [5, 5.41) is 0.384. The summed E-state index contributed by atoms with van der Waals surface area (Å²) in [5.74, 6) is -0.882. The maximum absolute atomic E-state index is 13.2. The van der Waals surface area contributed by atoms with Crippen LogP contribution in [-0.2, 0) is 16.1 Å². The summed E-state index contributed by atoms with van der Waals surface area (Å²) in [6.07, 6.45) is 0. The molecule has 0 aromatic heterocycles. The molecule has 4 heteroatoms. The summed E-state index contributed by atoms with van der Waals surface area (Å²) in [6, 6.07) is 4.57. The van der Waals surface area contributed by atoms with E-state index in [1.54, 1.807) is 12.1 Å². The number of hydrogen-bond donors (Lipinski definition) is 0. The van der Waals surface area contributed by atoms with Crippen LogP contribution in [0.25, 0.3) is 0 Å². The second kappa shape index (κ2) is 3.50. The number of rotatable bonds is 3. The Labute approximate surface area is 86.6 Å². The zero-order valence-electron chi connectivity index (χ0n) is 7.72. The average molecular weight is 217 g/mol. The molecule has 0 bridgehead atoms. The first-order valence-electron chi connectivity index (χ1n) is 4.31. The van der Waals surface area contributed by atoms with E-state index in [4.69, 9.17) is 21.1 Å². The standard InChI is InChI=1S/C10H10ClFO2/c1-10(6-14-10)13-5-7-8(11)3-2-4-9(7)12/h2-4H,5-6H2,1H3. The SMILES string of the molecule is CC1(OCc2c(F)cccc2Cl)CO1. The minimum atomic E-state index is -0.536. The van der Waals surface area contributed by atoms with Crippen LogP contribution < -0.4 is 0 Å². The van der Waals surface area contributed by atoms with Gasteiger partial charge < -0.3 is 9.47 Å². The van der Waals surface area contributed by atoms with Crippen molar-refractivity contribution in [2.75, 3.05) is 6.61 Å². The lowest BCUT2D eigenvalue weighted by molar-refractivity contribution is -0.0410. The molecular weight excluding hydrogens is 207 g/mol. The predicted molar refractivity (Wildman–Crippen MR) is 50.6 cm³/mol. The van der Waals surface area contributed by atoms with Gasteiger partial charge >= 0.3 is 0 Å². The van der Waals surface area contributed by atoms with E-state index in [0.717, 1.165) is 0 Å². The lowest BCUT2D eigenvalue weighted by atomic mass is 10.2. The Morgan fingerprint density at radius 1 is 1.64 bits per heavy atom. The highest BCUT2D eigenvalue weighted by molar-refractivity contribution is 6.31. The first-order valence-corrected chi connectivity index (χ1v) is 4.69. The molecule has 1 unspecified atom stereocenters. The number of epoxide rings is 1. The van der Waals surface area contributed by atoms with Gasteiger partial charge in [0.1, 0.15) is 12.4 Å². The Morgan fingerprint density at radius 2 is 2.36 bits per heavy atom. The normalized spacial score (nSPS) is 25.1. The number of hydrogen-bond acceptors (Lipinski definition) is 2. The van der Waals surface area contributed by atoms with Crippen molar-refractivity contribution >= 4 is 11.6 Å². The van der Waals surface area contributed by atoms with Gasteiger partial charge in [-0.15, -0.1) is 0 Å². The number of halogens is 2. The van der Waals surface area contributed by atoms with Crippen molar-refractivity contribution in [3.63, 3.8) is 0 Å². The molecule has 1 aliphatic heterocycles. The highest BCUT2D eigenvalue weighted by Crippen LogP contribution is 2.30. The molecule has 0 spiro atoms. The zero-order valence-corrected chi connectivity index (χ0v) is 8.47. The third-order valence-corrected chi connectivity index (χ3v) is 2.49. The maximum Gasteiger partial charge on any atom is 0.189 e. The van der Waals surface area contributed by atoms with E-state index < -0.39 is 5.79 Å². The molecule has 2 rings (SSSR count). The molecule has 0 N–H and O–H groups in total. The van der Waals surface area contributed by atoms with Gasteiger partial charge in [-0.2, -0.15) is 0 Å². The molecule has 1 atom stereocenters. The van der Waals surface area contributed by atoms with Crippen LogP contribution in [-0.4, -0.2) is 12.4 Å². The van der Waals surface area contributed by atoms with Gasteiger partial charge in [-0.25, -0.2) is 4.39 Å². The fourth-order valence-electron chi connectivity index (χ4n) is 1.08. The van der Waals surface area contributed by atoms with E-state index >= 15 is 0 Å². The molecule has 76 valence electrons. The van der Waals surface area contributed by atoms with Crippen molar-refractivity contribution in [3.8, 4) is 0 Å². The summed E-state index contributed by atoms with van der Waals surface area (Å²) in [4.78, 5) is 0. The predicted octanol–water partition coefficient (Wildman–Crippen LogP) is 2.74. The van der Waals surface area contributed by atoms with E-state index in [-0.39, 0.29) is 12.4 Å². The van der Waals surface area contributed by atoms with Crippen molar-refractivity contribution in [1.82, 2.24) is 0 Å². The van der Waals surface area contributed by atoms with Crippen molar-refractivity contribution in [2.24, 2.45) is 0 Å². The minimum absolute atomic E-state index is 0.141. The molecule has 1 aromatic rings. The van der Waals surface area contributed by atoms with Gasteiger partial charge in [0.2, 0.25) is 0 Å². The quantitative estimate of drug-likeness (QED) is 0.725. The Morgan fingerprint density at radius 3 is 2.93 bits per heavy atom. The summed E-state index contributed by atoms with van der Waals surface area (Å²) in [7, 11) is 0. The topological polar surface area (TPSA) is 21.8 Å². The first kappa shape index (κ1) is 9.90. The van der Waals surface area contributed by atoms with E-state index in [2.05, 4.69) is 0 Å². The van der Waals surface area contributed by atoms with E-state index in [0.29, 0.717) is 17.2 Å². The van der Waals surface area contributed by atoms with Crippen LogP contribution in [0.1, 0.15) is 12.5 Å². The van der Waals surface area contributed by atoms with Gasteiger partial charge in [0, 0.05) is 10.6 Å². The van der Waals surface area contributed by atoms with Crippen LogP contribution in [0.2, 0.25) is 5.02 Å². The maximum atomic E-state index is 13.2. The van der Waals surface area contributed by atoms with Gasteiger partial charge in [0.25, 0.3) is 0 Å². The molecule has 1 fully saturated rings. The van der Waals surface area contributed by atoms with Crippen molar-refractivity contribution in [1.29, 1.82) is 0 Å². The molecule has 1 aliphatic rings. The third-order valence-electron chi connectivity index (χ3n) is 2.13.